The lowest BCUT2D eigenvalue weighted by Gasteiger charge is -2.30. The van der Waals surface area contributed by atoms with Crippen LogP contribution in [0.15, 0.2) is 18.7 Å². The maximum absolute atomic E-state index is 4.52. The minimum absolute atomic E-state index is 0.809. The first-order chi connectivity index (χ1) is 9.83. The number of imidazole rings is 1. The molecule has 1 aliphatic heterocycles. The fourth-order valence-electron chi connectivity index (χ4n) is 2.73. The van der Waals surface area contributed by atoms with E-state index < -0.39 is 0 Å². The largest absolute Gasteiger partial charge is 0.373 e. The Labute approximate surface area is 118 Å². The smallest absolute Gasteiger partial charge is 0.137 e. The highest BCUT2D eigenvalue weighted by molar-refractivity contribution is 5.58. The highest BCUT2D eigenvalue weighted by Crippen LogP contribution is 2.27. The Hall–Kier alpha value is -2.11. The van der Waals surface area contributed by atoms with E-state index in [1.807, 2.05) is 19.4 Å². The Morgan fingerprint density at radius 2 is 2.15 bits per heavy atom. The van der Waals surface area contributed by atoms with E-state index in [9.17, 15) is 0 Å². The second-order valence-corrected chi connectivity index (χ2v) is 4.98. The van der Waals surface area contributed by atoms with Gasteiger partial charge in [0.15, 0.2) is 0 Å². The first-order valence-corrected chi connectivity index (χ1v) is 7.10. The summed E-state index contributed by atoms with van der Waals surface area (Å²) in [6, 6.07) is 0. The van der Waals surface area contributed by atoms with E-state index in [0.717, 1.165) is 49.9 Å². The third-order valence-corrected chi connectivity index (χ3v) is 3.70. The van der Waals surface area contributed by atoms with Crippen molar-refractivity contribution in [3.63, 3.8) is 0 Å². The Morgan fingerprint density at radius 3 is 2.95 bits per heavy atom. The summed E-state index contributed by atoms with van der Waals surface area (Å²) in [6.07, 6.45) is 7.61. The molecule has 0 spiro atoms. The van der Waals surface area contributed by atoms with Crippen LogP contribution in [0.2, 0.25) is 0 Å². The van der Waals surface area contributed by atoms with Crippen LogP contribution in [0, 0.1) is 0 Å². The number of aromatic nitrogens is 4. The van der Waals surface area contributed by atoms with E-state index >= 15 is 0 Å². The normalized spacial score (nSPS) is 14.2. The van der Waals surface area contributed by atoms with E-state index in [4.69, 9.17) is 0 Å². The van der Waals surface area contributed by atoms with Crippen LogP contribution in [0.3, 0.4) is 0 Å². The molecular weight excluding hydrogens is 252 g/mol. The van der Waals surface area contributed by atoms with Crippen LogP contribution in [-0.2, 0) is 19.5 Å². The molecule has 2 aromatic heterocycles. The van der Waals surface area contributed by atoms with Crippen LogP contribution < -0.4 is 10.2 Å². The highest BCUT2D eigenvalue weighted by atomic mass is 15.3. The summed E-state index contributed by atoms with van der Waals surface area (Å²) in [5, 5.41) is 3.18. The predicted octanol–water partition coefficient (Wildman–Crippen LogP) is 1.69. The van der Waals surface area contributed by atoms with E-state index in [1.165, 1.54) is 5.56 Å². The Kier molecular flexibility index (Phi) is 3.54. The number of anilines is 2. The van der Waals surface area contributed by atoms with E-state index in [-0.39, 0.29) is 0 Å². The molecule has 106 valence electrons. The van der Waals surface area contributed by atoms with E-state index in [1.54, 1.807) is 6.33 Å². The van der Waals surface area contributed by atoms with Crippen LogP contribution >= 0.6 is 0 Å². The maximum atomic E-state index is 4.52. The fraction of sp³-hybridized carbons (Fsp3) is 0.500. The molecular formula is C14H20N6. The molecule has 0 bridgehead atoms. The number of nitrogens with one attached hydrogen (secondary N) is 1. The number of fused-ring (bicyclic) bond motifs is 1. The summed E-state index contributed by atoms with van der Waals surface area (Å²) in [7, 11) is 1.91. The van der Waals surface area contributed by atoms with Crippen molar-refractivity contribution in [3.8, 4) is 0 Å². The lowest BCUT2D eigenvalue weighted by molar-refractivity contribution is 0.554. The molecule has 6 heteroatoms. The minimum atomic E-state index is 0.809. The average Bonchev–Trinajstić information content (AvgIpc) is 2.95. The Bertz CT molecular complexity index is 591. The summed E-state index contributed by atoms with van der Waals surface area (Å²) in [5.74, 6) is 3.08. The Balaban J connectivity index is 1.94. The molecule has 2 aromatic rings. The molecule has 0 aromatic carbocycles. The molecule has 1 aliphatic rings. The first kappa shape index (κ1) is 12.9. The topological polar surface area (TPSA) is 58.9 Å². The summed E-state index contributed by atoms with van der Waals surface area (Å²) >= 11 is 0. The maximum Gasteiger partial charge on any atom is 0.137 e. The van der Waals surface area contributed by atoms with Crippen molar-refractivity contribution in [1.82, 2.24) is 19.5 Å². The molecule has 3 heterocycles. The van der Waals surface area contributed by atoms with Gasteiger partial charge in [-0.05, 0) is 6.42 Å². The fourth-order valence-corrected chi connectivity index (χ4v) is 2.73. The number of hydrogen-bond acceptors (Lipinski definition) is 5. The summed E-state index contributed by atoms with van der Waals surface area (Å²) in [5.41, 5.74) is 1.21. The predicted molar refractivity (Wildman–Crippen MR) is 78.9 cm³/mol. The molecule has 0 radical (unpaired) electrons. The van der Waals surface area contributed by atoms with Gasteiger partial charge in [-0.1, -0.05) is 13.3 Å². The number of nitrogens with zero attached hydrogens (tertiary/aromatic N) is 5. The molecule has 6 nitrogen and oxygen atoms in total. The molecule has 1 N–H and O–H groups in total. The van der Waals surface area contributed by atoms with Gasteiger partial charge < -0.3 is 14.8 Å². The van der Waals surface area contributed by atoms with Gasteiger partial charge in [0.05, 0.1) is 6.54 Å². The molecule has 0 atom stereocenters. The van der Waals surface area contributed by atoms with Crippen LogP contribution in [0.5, 0.6) is 0 Å². The lowest BCUT2D eigenvalue weighted by atomic mass is 10.1. The molecule has 0 unspecified atom stereocenters. The van der Waals surface area contributed by atoms with Gasteiger partial charge in [-0.15, -0.1) is 0 Å². The van der Waals surface area contributed by atoms with Gasteiger partial charge in [0.25, 0.3) is 0 Å². The zero-order valence-corrected chi connectivity index (χ0v) is 12.0. The van der Waals surface area contributed by atoms with Gasteiger partial charge in [-0.3, -0.25) is 0 Å². The molecule has 3 rings (SSSR count). The third kappa shape index (κ3) is 2.21. The van der Waals surface area contributed by atoms with Gasteiger partial charge in [0.1, 0.15) is 23.8 Å². The van der Waals surface area contributed by atoms with Crippen LogP contribution in [0.1, 0.15) is 24.7 Å². The standard InChI is InChI=1S/C14H20N6/c1-3-4-11-13(15-2)17-10-18-14(11)20-8-7-19-6-5-16-12(19)9-20/h5-6,10H,3-4,7-9H2,1-2H3,(H,15,17,18). The van der Waals surface area contributed by atoms with Crippen molar-refractivity contribution in [1.29, 1.82) is 0 Å². The summed E-state index contributed by atoms with van der Waals surface area (Å²) in [6.45, 7) is 4.91. The van der Waals surface area contributed by atoms with Crippen molar-refractivity contribution in [2.24, 2.45) is 0 Å². The van der Waals surface area contributed by atoms with Gasteiger partial charge in [-0.2, -0.15) is 0 Å². The minimum Gasteiger partial charge on any atom is -0.373 e. The molecule has 0 aliphatic carbocycles. The summed E-state index contributed by atoms with van der Waals surface area (Å²) < 4.78 is 2.20. The van der Waals surface area contributed by atoms with E-state index in [2.05, 4.69) is 36.7 Å². The third-order valence-electron chi connectivity index (χ3n) is 3.70. The van der Waals surface area contributed by atoms with Gasteiger partial charge in [-0.25, -0.2) is 15.0 Å². The van der Waals surface area contributed by atoms with Crippen LogP contribution in [-0.4, -0.2) is 33.1 Å². The second-order valence-electron chi connectivity index (χ2n) is 4.98. The molecule has 20 heavy (non-hydrogen) atoms. The zero-order chi connectivity index (χ0) is 13.9. The number of rotatable bonds is 4. The van der Waals surface area contributed by atoms with Crippen molar-refractivity contribution in [2.75, 3.05) is 23.8 Å². The molecule has 0 saturated carbocycles. The van der Waals surface area contributed by atoms with Crippen molar-refractivity contribution < 1.29 is 0 Å². The van der Waals surface area contributed by atoms with Crippen molar-refractivity contribution in [2.45, 2.75) is 32.9 Å². The Morgan fingerprint density at radius 1 is 1.25 bits per heavy atom. The first-order valence-electron chi connectivity index (χ1n) is 7.10. The van der Waals surface area contributed by atoms with E-state index in [0.29, 0.717) is 0 Å². The monoisotopic (exact) mass is 272 g/mol. The second kappa shape index (κ2) is 5.48. The van der Waals surface area contributed by atoms with Gasteiger partial charge in [0.2, 0.25) is 0 Å². The highest BCUT2D eigenvalue weighted by Gasteiger charge is 2.21. The number of hydrogen-bond donors (Lipinski definition) is 1. The van der Waals surface area contributed by atoms with Crippen molar-refractivity contribution in [3.05, 3.63) is 30.1 Å². The molecule has 0 amide bonds. The summed E-state index contributed by atoms with van der Waals surface area (Å²) in [4.78, 5) is 15.6. The molecule has 0 fully saturated rings. The van der Waals surface area contributed by atoms with Crippen LogP contribution in [0.25, 0.3) is 0 Å². The average molecular weight is 272 g/mol. The molecule has 0 saturated heterocycles. The van der Waals surface area contributed by atoms with Crippen molar-refractivity contribution >= 4 is 11.6 Å². The van der Waals surface area contributed by atoms with Crippen LogP contribution in [0.4, 0.5) is 11.6 Å². The SMILES string of the molecule is CCCc1c(NC)ncnc1N1CCn2ccnc2C1. The quantitative estimate of drug-likeness (QED) is 0.917. The van der Waals surface area contributed by atoms with Gasteiger partial charge >= 0.3 is 0 Å². The zero-order valence-electron chi connectivity index (χ0n) is 12.0. The lowest BCUT2D eigenvalue weighted by Crippen LogP contribution is -2.35. The van der Waals surface area contributed by atoms with Gasteiger partial charge in [0, 0.05) is 38.1 Å².